The fourth-order valence-corrected chi connectivity index (χ4v) is 2.47. The molecule has 12 heteroatoms. The van der Waals surface area contributed by atoms with Crippen LogP contribution in [0.5, 0.6) is 0 Å². The van der Waals surface area contributed by atoms with Crippen LogP contribution in [-0.2, 0) is 14.2 Å². The maximum Gasteiger partial charge on any atom is 0.508 e. The van der Waals surface area contributed by atoms with E-state index < -0.39 is 35.8 Å². The molecule has 0 saturated carbocycles. The number of azide groups is 1. The first-order valence-corrected chi connectivity index (χ1v) is 8.03. The van der Waals surface area contributed by atoms with Gasteiger partial charge in [0.2, 0.25) is 0 Å². The van der Waals surface area contributed by atoms with Crippen LogP contribution in [0.3, 0.4) is 0 Å². The lowest BCUT2D eigenvalue weighted by atomic mass is 10.1. The SMILES string of the molecule is Cc1cn([C@H]2CC(N=[N+]=[N-])[C@@H](COC(=O)OC/C=C\CO)O2)c(=O)[nH]c1=O. The summed E-state index contributed by atoms with van der Waals surface area (Å²) < 4.78 is 16.5. The molecule has 0 aliphatic carbocycles. The van der Waals surface area contributed by atoms with Crippen LogP contribution < -0.4 is 11.2 Å². The molecule has 2 rings (SSSR count). The van der Waals surface area contributed by atoms with E-state index in [9.17, 15) is 14.4 Å². The largest absolute Gasteiger partial charge is 0.508 e. The van der Waals surface area contributed by atoms with Gasteiger partial charge in [0.25, 0.3) is 5.56 Å². The molecule has 1 saturated heterocycles. The van der Waals surface area contributed by atoms with Gasteiger partial charge in [0.15, 0.2) is 0 Å². The molecular formula is C15H19N5O7. The van der Waals surface area contributed by atoms with E-state index in [1.54, 1.807) is 0 Å². The molecule has 0 aromatic carbocycles. The number of carbonyl (C=O) groups excluding carboxylic acids is 1. The van der Waals surface area contributed by atoms with E-state index in [1.807, 2.05) is 0 Å². The van der Waals surface area contributed by atoms with Gasteiger partial charge in [0, 0.05) is 23.1 Å². The van der Waals surface area contributed by atoms with Crippen LogP contribution >= 0.6 is 0 Å². The number of nitrogens with one attached hydrogen (secondary N) is 1. The van der Waals surface area contributed by atoms with E-state index in [2.05, 4.69) is 15.0 Å². The Labute approximate surface area is 152 Å². The predicted octanol–water partition coefficient (Wildman–Crippen LogP) is 0.513. The van der Waals surface area contributed by atoms with E-state index in [-0.39, 0.29) is 26.2 Å². The Balaban J connectivity index is 2.02. The van der Waals surface area contributed by atoms with Gasteiger partial charge in [-0.3, -0.25) is 14.3 Å². The van der Waals surface area contributed by atoms with Crippen molar-refractivity contribution in [2.24, 2.45) is 5.11 Å². The van der Waals surface area contributed by atoms with Gasteiger partial charge in [-0.15, -0.1) is 0 Å². The molecule has 2 N–H and O–H groups in total. The summed E-state index contributed by atoms with van der Waals surface area (Å²) in [5.74, 6) is 0. The van der Waals surface area contributed by atoms with Crippen molar-refractivity contribution in [1.29, 1.82) is 0 Å². The van der Waals surface area contributed by atoms with Crippen LogP contribution in [-0.4, -0.2) is 52.8 Å². The minimum Gasteiger partial charge on any atom is -0.432 e. The summed E-state index contributed by atoms with van der Waals surface area (Å²) in [6.07, 6.45) is 1.82. The van der Waals surface area contributed by atoms with Gasteiger partial charge < -0.3 is 19.3 Å². The van der Waals surface area contributed by atoms with Gasteiger partial charge in [0.05, 0.1) is 12.6 Å². The van der Waals surface area contributed by atoms with Crippen LogP contribution in [0.4, 0.5) is 4.79 Å². The third kappa shape index (κ3) is 5.45. The Morgan fingerprint density at radius 3 is 3.00 bits per heavy atom. The number of aryl methyl sites for hydroxylation is 1. The van der Waals surface area contributed by atoms with Crippen molar-refractivity contribution in [3.8, 4) is 0 Å². The molecule has 1 aromatic rings. The molecule has 1 aliphatic heterocycles. The first kappa shape index (κ1) is 20.2. The fraction of sp³-hybridized carbons (Fsp3) is 0.533. The van der Waals surface area contributed by atoms with Crippen molar-refractivity contribution in [2.45, 2.75) is 31.7 Å². The highest BCUT2D eigenvalue weighted by Crippen LogP contribution is 2.30. The average Bonchev–Trinajstić information content (AvgIpc) is 3.03. The van der Waals surface area contributed by atoms with E-state index >= 15 is 0 Å². The average molecular weight is 381 g/mol. The number of H-pyrrole nitrogens is 1. The molecule has 2 heterocycles. The second kappa shape index (κ2) is 9.57. The van der Waals surface area contributed by atoms with Crippen LogP contribution in [0.1, 0.15) is 18.2 Å². The van der Waals surface area contributed by atoms with Crippen LogP contribution in [0.2, 0.25) is 0 Å². The lowest BCUT2D eigenvalue weighted by molar-refractivity contribution is -0.0410. The Kier molecular flexibility index (Phi) is 7.17. The van der Waals surface area contributed by atoms with Gasteiger partial charge in [-0.1, -0.05) is 11.2 Å². The minimum atomic E-state index is -0.957. The quantitative estimate of drug-likeness (QED) is 0.228. The smallest absolute Gasteiger partial charge is 0.432 e. The normalized spacial score (nSPS) is 21.8. The Hall–Kier alpha value is -3.08. The number of aliphatic hydroxyl groups excluding tert-OH is 1. The van der Waals surface area contributed by atoms with Crippen molar-refractivity contribution in [3.05, 3.63) is 55.2 Å². The summed E-state index contributed by atoms with van der Waals surface area (Å²) in [5, 5.41) is 12.2. The van der Waals surface area contributed by atoms with Crippen molar-refractivity contribution in [1.82, 2.24) is 9.55 Å². The summed E-state index contributed by atoms with van der Waals surface area (Å²) in [7, 11) is 0. The van der Waals surface area contributed by atoms with Crippen molar-refractivity contribution in [2.75, 3.05) is 19.8 Å². The topological polar surface area (TPSA) is 169 Å². The Morgan fingerprint density at radius 2 is 2.30 bits per heavy atom. The van der Waals surface area contributed by atoms with Gasteiger partial charge in [-0.05, 0) is 18.5 Å². The molecule has 1 aliphatic rings. The molecule has 1 fully saturated rings. The molecule has 0 spiro atoms. The number of aromatic amines is 1. The third-order valence-corrected chi connectivity index (χ3v) is 3.80. The molecule has 0 radical (unpaired) electrons. The zero-order valence-corrected chi connectivity index (χ0v) is 14.5. The second-order valence-electron chi connectivity index (χ2n) is 5.64. The van der Waals surface area contributed by atoms with Crippen molar-refractivity contribution in [3.63, 3.8) is 0 Å². The van der Waals surface area contributed by atoms with E-state index in [4.69, 9.17) is 24.8 Å². The molecule has 12 nitrogen and oxygen atoms in total. The summed E-state index contributed by atoms with van der Waals surface area (Å²) in [4.78, 5) is 39.9. The zero-order chi connectivity index (χ0) is 19.8. The zero-order valence-electron chi connectivity index (χ0n) is 14.5. The number of rotatable bonds is 7. The van der Waals surface area contributed by atoms with Gasteiger partial charge in [-0.2, -0.15) is 0 Å². The lowest BCUT2D eigenvalue weighted by Gasteiger charge is -2.16. The standard InChI is InChI=1S/C15H19N5O7/c1-9-7-20(14(23)17-13(9)22)12-6-10(18-19-16)11(27-12)8-26-15(24)25-5-3-2-4-21/h2-3,7,10-12,21H,4-6,8H2,1H3,(H,17,22,23)/b3-2-/t10?,11-,12-/m1/s1. The number of hydrogen-bond acceptors (Lipinski definition) is 8. The number of aromatic nitrogens is 2. The Morgan fingerprint density at radius 1 is 1.52 bits per heavy atom. The maximum atomic E-state index is 12.0. The van der Waals surface area contributed by atoms with E-state index in [0.717, 1.165) is 0 Å². The van der Waals surface area contributed by atoms with Crippen molar-refractivity contribution < 1.29 is 24.1 Å². The predicted molar refractivity (Wildman–Crippen MR) is 91.0 cm³/mol. The molecule has 1 aromatic heterocycles. The summed E-state index contributed by atoms with van der Waals surface area (Å²) in [6.45, 7) is 1.04. The highest BCUT2D eigenvalue weighted by atomic mass is 16.7. The lowest BCUT2D eigenvalue weighted by Crippen LogP contribution is -2.33. The van der Waals surface area contributed by atoms with E-state index in [0.29, 0.717) is 5.56 Å². The molecular weight excluding hydrogens is 362 g/mol. The first-order chi connectivity index (χ1) is 13.0. The number of aliphatic hydroxyl groups is 1. The first-order valence-electron chi connectivity index (χ1n) is 8.03. The second-order valence-corrected chi connectivity index (χ2v) is 5.64. The van der Waals surface area contributed by atoms with Crippen molar-refractivity contribution >= 4 is 6.16 Å². The monoisotopic (exact) mass is 381 g/mol. The number of ether oxygens (including phenoxy) is 3. The Bertz CT molecular complexity index is 855. The highest BCUT2D eigenvalue weighted by Gasteiger charge is 2.37. The summed E-state index contributed by atoms with van der Waals surface area (Å²) >= 11 is 0. The summed E-state index contributed by atoms with van der Waals surface area (Å²) in [6, 6.07) is -0.679. The molecule has 146 valence electrons. The third-order valence-electron chi connectivity index (χ3n) is 3.80. The molecule has 3 atom stereocenters. The molecule has 1 unspecified atom stereocenters. The number of carbonyl (C=O) groups is 1. The van der Waals surface area contributed by atoms with E-state index in [1.165, 1.54) is 29.8 Å². The highest BCUT2D eigenvalue weighted by molar-refractivity contribution is 5.60. The van der Waals surface area contributed by atoms with Crippen LogP contribution in [0.25, 0.3) is 10.4 Å². The maximum absolute atomic E-state index is 12.0. The number of nitrogens with zero attached hydrogens (tertiary/aromatic N) is 4. The van der Waals surface area contributed by atoms with Crippen LogP contribution in [0.15, 0.2) is 33.1 Å². The molecule has 0 amide bonds. The number of hydrogen-bond donors (Lipinski definition) is 2. The molecule has 27 heavy (non-hydrogen) atoms. The van der Waals surface area contributed by atoms with Gasteiger partial charge in [0.1, 0.15) is 25.5 Å². The van der Waals surface area contributed by atoms with Gasteiger partial charge in [-0.25, -0.2) is 9.59 Å². The summed E-state index contributed by atoms with van der Waals surface area (Å²) in [5.41, 5.74) is 7.86. The van der Waals surface area contributed by atoms with Gasteiger partial charge >= 0.3 is 11.8 Å². The molecule has 0 bridgehead atoms. The van der Waals surface area contributed by atoms with Crippen LogP contribution in [0, 0.1) is 6.92 Å². The minimum absolute atomic E-state index is 0.0701. The fourth-order valence-electron chi connectivity index (χ4n) is 2.47.